The fourth-order valence-corrected chi connectivity index (χ4v) is 2.89. The SMILES string of the molecule is Cc1cc(-c2ccc(NC(=O)C(C)c3cc(Cl)ccc3F)cc2)ccn1. The van der Waals surface area contributed by atoms with Crippen LogP contribution in [0.25, 0.3) is 11.1 Å². The standard InChI is InChI=1S/C21H18ClFN2O/c1-13-11-16(9-10-24-13)15-3-6-18(7-4-15)25-21(26)14(2)19-12-17(22)5-8-20(19)23/h3-12,14H,1-2H3,(H,25,26). The van der Waals surface area contributed by atoms with Crippen molar-refractivity contribution >= 4 is 23.2 Å². The van der Waals surface area contributed by atoms with E-state index in [1.54, 1.807) is 13.1 Å². The van der Waals surface area contributed by atoms with Crippen molar-refractivity contribution in [3.63, 3.8) is 0 Å². The van der Waals surface area contributed by atoms with Crippen molar-refractivity contribution < 1.29 is 9.18 Å². The van der Waals surface area contributed by atoms with E-state index in [-0.39, 0.29) is 11.5 Å². The van der Waals surface area contributed by atoms with Crippen molar-refractivity contribution in [1.82, 2.24) is 4.98 Å². The Kier molecular flexibility index (Phi) is 5.33. The second-order valence-corrected chi connectivity index (χ2v) is 6.58. The highest BCUT2D eigenvalue weighted by atomic mass is 35.5. The molecule has 0 aliphatic rings. The molecular formula is C21H18ClFN2O. The van der Waals surface area contributed by atoms with Gasteiger partial charge < -0.3 is 5.32 Å². The van der Waals surface area contributed by atoms with Crippen molar-refractivity contribution in [1.29, 1.82) is 0 Å². The third kappa shape index (κ3) is 4.09. The highest BCUT2D eigenvalue weighted by Crippen LogP contribution is 2.25. The zero-order chi connectivity index (χ0) is 18.7. The normalized spacial score (nSPS) is 11.8. The summed E-state index contributed by atoms with van der Waals surface area (Å²) in [6.07, 6.45) is 1.77. The van der Waals surface area contributed by atoms with Crippen LogP contribution in [0.15, 0.2) is 60.8 Å². The van der Waals surface area contributed by atoms with Gasteiger partial charge in [-0.15, -0.1) is 0 Å². The third-order valence-corrected chi connectivity index (χ3v) is 4.44. The van der Waals surface area contributed by atoms with Gasteiger partial charge in [-0.2, -0.15) is 0 Å². The van der Waals surface area contributed by atoms with Gasteiger partial charge in [-0.3, -0.25) is 9.78 Å². The molecule has 26 heavy (non-hydrogen) atoms. The number of nitrogens with zero attached hydrogens (tertiary/aromatic N) is 1. The molecule has 1 heterocycles. The summed E-state index contributed by atoms with van der Waals surface area (Å²) in [5.74, 6) is -1.39. The van der Waals surface area contributed by atoms with E-state index in [1.165, 1.54) is 18.2 Å². The number of nitrogens with one attached hydrogen (secondary N) is 1. The maximum Gasteiger partial charge on any atom is 0.231 e. The largest absolute Gasteiger partial charge is 0.326 e. The molecule has 1 N–H and O–H groups in total. The van der Waals surface area contributed by atoms with E-state index >= 15 is 0 Å². The van der Waals surface area contributed by atoms with Crippen molar-refractivity contribution in [2.24, 2.45) is 0 Å². The van der Waals surface area contributed by atoms with Gasteiger partial charge in [0.15, 0.2) is 0 Å². The maximum atomic E-state index is 13.9. The molecule has 0 bridgehead atoms. The van der Waals surface area contributed by atoms with Gasteiger partial charge in [0.25, 0.3) is 0 Å². The van der Waals surface area contributed by atoms with Gasteiger partial charge >= 0.3 is 0 Å². The Bertz CT molecular complexity index is 941. The van der Waals surface area contributed by atoms with Crippen LogP contribution in [0.1, 0.15) is 24.1 Å². The van der Waals surface area contributed by atoms with Crippen molar-refractivity contribution in [2.75, 3.05) is 5.32 Å². The lowest BCUT2D eigenvalue weighted by Gasteiger charge is -2.14. The number of benzene rings is 2. The molecule has 0 fully saturated rings. The number of rotatable bonds is 4. The van der Waals surface area contributed by atoms with E-state index in [9.17, 15) is 9.18 Å². The van der Waals surface area contributed by atoms with Crippen LogP contribution >= 0.6 is 11.6 Å². The average Bonchev–Trinajstić information content (AvgIpc) is 2.63. The van der Waals surface area contributed by atoms with Crippen LogP contribution in [0.3, 0.4) is 0 Å². The first-order valence-corrected chi connectivity index (χ1v) is 8.61. The molecule has 0 spiro atoms. The minimum absolute atomic E-state index is 0.277. The van der Waals surface area contributed by atoms with Gasteiger partial charge in [0.2, 0.25) is 5.91 Å². The summed E-state index contributed by atoms with van der Waals surface area (Å²) in [4.78, 5) is 16.6. The lowest BCUT2D eigenvalue weighted by molar-refractivity contribution is -0.117. The summed E-state index contributed by atoms with van der Waals surface area (Å²) in [5, 5.41) is 3.22. The zero-order valence-corrected chi connectivity index (χ0v) is 15.2. The lowest BCUT2D eigenvalue weighted by Crippen LogP contribution is -2.19. The number of hydrogen-bond acceptors (Lipinski definition) is 2. The molecule has 0 aliphatic carbocycles. The molecule has 0 saturated heterocycles. The smallest absolute Gasteiger partial charge is 0.231 e. The van der Waals surface area contributed by atoms with Crippen molar-refractivity contribution in [2.45, 2.75) is 19.8 Å². The second-order valence-electron chi connectivity index (χ2n) is 6.14. The molecule has 1 aromatic heterocycles. The molecule has 132 valence electrons. The predicted molar refractivity (Wildman–Crippen MR) is 103 cm³/mol. The molecule has 3 rings (SSSR count). The van der Waals surface area contributed by atoms with E-state index in [1.807, 2.05) is 43.3 Å². The Morgan fingerprint density at radius 3 is 2.50 bits per heavy atom. The molecule has 3 aromatic rings. The number of anilines is 1. The molecule has 1 atom stereocenters. The molecular weight excluding hydrogens is 351 g/mol. The average molecular weight is 369 g/mol. The summed E-state index contributed by atoms with van der Waals surface area (Å²) in [6.45, 7) is 3.59. The summed E-state index contributed by atoms with van der Waals surface area (Å²) < 4.78 is 13.9. The Balaban J connectivity index is 1.74. The quantitative estimate of drug-likeness (QED) is 0.652. The van der Waals surface area contributed by atoms with Gasteiger partial charge in [-0.25, -0.2) is 4.39 Å². The summed E-state index contributed by atoms with van der Waals surface area (Å²) in [6, 6.07) is 15.6. The van der Waals surface area contributed by atoms with Crippen LogP contribution in [0.4, 0.5) is 10.1 Å². The van der Waals surface area contributed by atoms with Crippen LogP contribution < -0.4 is 5.32 Å². The summed E-state index contributed by atoms with van der Waals surface area (Å²) in [7, 11) is 0. The first-order valence-electron chi connectivity index (χ1n) is 8.23. The molecule has 0 aliphatic heterocycles. The molecule has 0 saturated carbocycles. The number of aryl methyl sites for hydroxylation is 1. The zero-order valence-electron chi connectivity index (χ0n) is 14.5. The van der Waals surface area contributed by atoms with E-state index < -0.39 is 11.7 Å². The van der Waals surface area contributed by atoms with Crippen LogP contribution in [0, 0.1) is 12.7 Å². The highest BCUT2D eigenvalue weighted by Gasteiger charge is 2.19. The molecule has 1 amide bonds. The minimum atomic E-state index is -0.656. The van der Waals surface area contributed by atoms with Crippen LogP contribution in [0.5, 0.6) is 0 Å². The molecule has 2 aromatic carbocycles. The first-order chi connectivity index (χ1) is 12.4. The summed E-state index contributed by atoms with van der Waals surface area (Å²) in [5.41, 5.74) is 3.96. The number of hydrogen-bond donors (Lipinski definition) is 1. The topological polar surface area (TPSA) is 42.0 Å². The van der Waals surface area contributed by atoms with Crippen molar-refractivity contribution in [3.05, 3.63) is 82.9 Å². The number of pyridine rings is 1. The summed E-state index contributed by atoms with van der Waals surface area (Å²) >= 11 is 5.91. The van der Waals surface area contributed by atoms with Gasteiger partial charge in [0.05, 0.1) is 5.92 Å². The fourth-order valence-electron chi connectivity index (χ4n) is 2.71. The number of carbonyl (C=O) groups excluding carboxylic acids is 1. The second kappa shape index (κ2) is 7.67. The minimum Gasteiger partial charge on any atom is -0.326 e. The first kappa shape index (κ1) is 18.1. The Morgan fingerprint density at radius 2 is 1.81 bits per heavy atom. The fraction of sp³-hybridized carbons (Fsp3) is 0.143. The third-order valence-electron chi connectivity index (χ3n) is 4.20. The number of amides is 1. The number of aromatic nitrogens is 1. The lowest BCUT2D eigenvalue weighted by atomic mass is 9.99. The Hall–Kier alpha value is -2.72. The molecule has 1 unspecified atom stereocenters. The van der Waals surface area contributed by atoms with Gasteiger partial charge in [0, 0.05) is 28.2 Å². The Labute approximate surface area is 156 Å². The highest BCUT2D eigenvalue weighted by molar-refractivity contribution is 6.30. The van der Waals surface area contributed by atoms with Crippen molar-refractivity contribution in [3.8, 4) is 11.1 Å². The van der Waals surface area contributed by atoms with Gasteiger partial charge in [-0.1, -0.05) is 23.7 Å². The maximum absolute atomic E-state index is 13.9. The van der Waals surface area contributed by atoms with E-state index in [0.717, 1.165) is 16.8 Å². The Morgan fingerprint density at radius 1 is 1.08 bits per heavy atom. The van der Waals surface area contributed by atoms with Crippen LogP contribution in [0.2, 0.25) is 5.02 Å². The van der Waals surface area contributed by atoms with E-state index in [0.29, 0.717) is 10.7 Å². The molecule has 5 heteroatoms. The predicted octanol–water partition coefficient (Wildman–Crippen LogP) is 5.59. The number of carbonyl (C=O) groups is 1. The molecule has 3 nitrogen and oxygen atoms in total. The van der Waals surface area contributed by atoms with E-state index in [4.69, 9.17) is 11.6 Å². The van der Waals surface area contributed by atoms with Crippen LogP contribution in [-0.2, 0) is 4.79 Å². The molecule has 0 radical (unpaired) electrons. The van der Waals surface area contributed by atoms with E-state index in [2.05, 4.69) is 10.3 Å². The van der Waals surface area contributed by atoms with Gasteiger partial charge in [0.1, 0.15) is 5.82 Å². The van der Waals surface area contributed by atoms with Gasteiger partial charge in [-0.05, 0) is 67.4 Å². The monoisotopic (exact) mass is 368 g/mol. The number of halogens is 2. The van der Waals surface area contributed by atoms with Crippen LogP contribution in [-0.4, -0.2) is 10.9 Å².